The highest BCUT2D eigenvalue weighted by Gasteiger charge is 2.73. The van der Waals surface area contributed by atoms with E-state index in [1.165, 1.54) is 18.4 Å². The molecule has 2 bridgehead atoms. The van der Waals surface area contributed by atoms with E-state index in [2.05, 4.69) is 70.5 Å². The van der Waals surface area contributed by atoms with E-state index in [9.17, 15) is 10.2 Å². The van der Waals surface area contributed by atoms with Gasteiger partial charge in [-0.2, -0.15) is 0 Å². The molecule has 5 nitrogen and oxygen atoms in total. The predicted octanol–water partition coefficient (Wildman–Crippen LogP) is 5.75. The predicted molar refractivity (Wildman–Crippen MR) is 150 cm³/mol. The van der Waals surface area contributed by atoms with Crippen LogP contribution in [-0.4, -0.2) is 44.8 Å². The van der Waals surface area contributed by atoms with Gasteiger partial charge in [0, 0.05) is 30.1 Å². The quantitative estimate of drug-likeness (QED) is 0.323. The smallest absolute Gasteiger partial charge is 0.166 e. The van der Waals surface area contributed by atoms with Crippen molar-refractivity contribution < 1.29 is 14.9 Å². The van der Waals surface area contributed by atoms with Crippen LogP contribution in [0.15, 0.2) is 72.8 Å². The first kappa shape index (κ1) is 22.3. The summed E-state index contributed by atoms with van der Waals surface area (Å²) in [5, 5.41) is 24.2. The molecule has 9 rings (SSSR count). The number of phenolic OH excluding ortho intramolecular Hbond substituents is 1. The minimum absolute atomic E-state index is 0.0211. The Hall–Kier alpha value is -3.54. The van der Waals surface area contributed by atoms with Gasteiger partial charge in [0.1, 0.15) is 0 Å². The maximum atomic E-state index is 13.2. The van der Waals surface area contributed by atoms with Gasteiger partial charge in [-0.25, -0.2) is 0 Å². The molecule has 0 amide bonds. The second-order valence-electron chi connectivity index (χ2n) is 12.4. The van der Waals surface area contributed by atoms with Crippen molar-refractivity contribution in [2.75, 3.05) is 13.1 Å². The van der Waals surface area contributed by atoms with Gasteiger partial charge in [-0.1, -0.05) is 66.7 Å². The van der Waals surface area contributed by atoms with E-state index in [-0.39, 0.29) is 17.9 Å². The van der Waals surface area contributed by atoms with Crippen molar-refractivity contribution in [1.29, 1.82) is 0 Å². The normalized spacial score (nSPS) is 30.0. The molecule has 2 unspecified atom stereocenters. The fourth-order valence-corrected chi connectivity index (χ4v) is 8.65. The number of rotatable bonds is 4. The van der Waals surface area contributed by atoms with Gasteiger partial charge in [0.2, 0.25) is 0 Å². The summed E-state index contributed by atoms with van der Waals surface area (Å²) >= 11 is 0. The minimum atomic E-state index is -0.996. The summed E-state index contributed by atoms with van der Waals surface area (Å²) in [6.45, 7) is 2.01. The SMILES string of the molecule is Oc1ccc2c3c1O[C@H]1c4[nH]c(-c5ccccc5)c(-c5ccccc5)c4C[C@@]4(O)C(C2)N(CC2CC2)CCC314. The maximum Gasteiger partial charge on any atom is 0.166 e. The molecule has 5 heteroatoms. The van der Waals surface area contributed by atoms with E-state index in [0.717, 1.165) is 71.1 Å². The summed E-state index contributed by atoms with van der Waals surface area (Å²) in [5.41, 5.74) is 7.39. The zero-order valence-electron chi connectivity index (χ0n) is 21.9. The highest BCUT2D eigenvalue weighted by Crippen LogP contribution is 2.69. The van der Waals surface area contributed by atoms with Crippen LogP contribution in [0, 0.1) is 5.92 Å². The molecule has 1 saturated carbocycles. The van der Waals surface area contributed by atoms with Gasteiger partial charge in [0.05, 0.1) is 22.4 Å². The number of benzene rings is 3. The van der Waals surface area contributed by atoms with E-state index >= 15 is 0 Å². The standard InChI is InChI=1S/C34H32N2O3/c37-25-14-13-23-17-26-34(38)18-24-27(21-7-3-1-4-8-21)29(22-9-5-2-6-10-22)35-30(24)32-33(34,28(23)31(25)39-32)15-16-36(26)19-20-11-12-20/h1-10,13-14,20,26,32,35,37-38H,11-12,15-19H2/t26?,32-,33?,34+/m0/s1. The van der Waals surface area contributed by atoms with Gasteiger partial charge in [-0.3, -0.25) is 4.90 Å². The molecular formula is C34H32N2O3. The molecule has 3 aliphatic carbocycles. The number of nitrogens with one attached hydrogen (secondary N) is 1. The highest BCUT2D eigenvalue weighted by atomic mass is 16.5. The van der Waals surface area contributed by atoms with E-state index in [1.807, 2.05) is 6.07 Å². The summed E-state index contributed by atoms with van der Waals surface area (Å²) in [7, 11) is 0. The Morgan fingerprint density at radius 1 is 0.949 bits per heavy atom. The van der Waals surface area contributed by atoms with Crippen LogP contribution in [-0.2, 0) is 18.3 Å². The average Bonchev–Trinajstić information content (AvgIpc) is 3.59. The van der Waals surface area contributed by atoms with Crippen LogP contribution < -0.4 is 4.74 Å². The zero-order chi connectivity index (χ0) is 25.9. The van der Waals surface area contributed by atoms with Crippen molar-refractivity contribution in [3.8, 4) is 33.9 Å². The van der Waals surface area contributed by atoms with Crippen LogP contribution in [0.25, 0.3) is 22.4 Å². The third-order valence-corrected chi connectivity index (χ3v) is 10.5. The van der Waals surface area contributed by atoms with E-state index < -0.39 is 11.0 Å². The molecule has 5 aliphatic rings. The Labute approximate surface area is 228 Å². The van der Waals surface area contributed by atoms with Crippen LogP contribution >= 0.6 is 0 Å². The number of aromatic nitrogens is 1. The summed E-state index contributed by atoms with van der Waals surface area (Å²) in [4.78, 5) is 6.43. The molecular weight excluding hydrogens is 484 g/mol. The topological polar surface area (TPSA) is 68.7 Å². The molecule has 1 spiro atoms. The number of nitrogens with zero attached hydrogens (tertiary/aromatic N) is 1. The Morgan fingerprint density at radius 2 is 1.69 bits per heavy atom. The number of aliphatic hydroxyl groups is 1. The summed E-state index contributed by atoms with van der Waals surface area (Å²) < 4.78 is 6.81. The number of fused-ring (bicyclic) bond motifs is 2. The van der Waals surface area contributed by atoms with Crippen molar-refractivity contribution in [3.63, 3.8) is 0 Å². The van der Waals surface area contributed by atoms with Crippen LogP contribution in [0.2, 0.25) is 0 Å². The number of phenols is 1. The molecule has 0 radical (unpaired) electrons. The first-order valence-electron chi connectivity index (χ1n) is 14.4. The molecule has 4 atom stereocenters. The monoisotopic (exact) mass is 516 g/mol. The molecule has 1 saturated heterocycles. The molecule has 4 aromatic rings. The fourth-order valence-electron chi connectivity index (χ4n) is 8.65. The Kier molecular flexibility index (Phi) is 4.32. The van der Waals surface area contributed by atoms with E-state index in [1.54, 1.807) is 6.07 Å². The summed E-state index contributed by atoms with van der Waals surface area (Å²) in [5.74, 6) is 1.51. The number of hydrogen-bond acceptors (Lipinski definition) is 4. The number of aromatic hydroxyl groups is 1. The van der Waals surface area contributed by atoms with Crippen LogP contribution in [0.1, 0.15) is 47.8 Å². The number of aromatic amines is 1. The van der Waals surface area contributed by atoms with Crippen LogP contribution in [0.4, 0.5) is 0 Å². The van der Waals surface area contributed by atoms with Crippen molar-refractivity contribution in [2.24, 2.45) is 5.92 Å². The van der Waals surface area contributed by atoms with Gasteiger partial charge < -0.3 is 19.9 Å². The van der Waals surface area contributed by atoms with Crippen LogP contribution in [0.5, 0.6) is 11.5 Å². The van der Waals surface area contributed by atoms with Crippen molar-refractivity contribution >= 4 is 0 Å². The molecule has 3 N–H and O–H groups in total. The molecule has 2 aliphatic heterocycles. The molecule has 2 fully saturated rings. The van der Waals surface area contributed by atoms with Gasteiger partial charge in [0.15, 0.2) is 17.6 Å². The molecule has 39 heavy (non-hydrogen) atoms. The van der Waals surface area contributed by atoms with Gasteiger partial charge in [0.25, 0.3) is 0 Å². The second-order valence-corrected chi connectivity index (χ2v) is 12.4. The van der Waals surface area contributed by atoms with E-state index in [4.69, 9.17) is 4.74 Å². The van der Waals surface area contributed by atoms with Crippen LogP contribution in [0.3, 0.4) is 0 Å². The molecule has 196 valence electrons. The Bertz CT molecular complexity index is 1630. The number of hydrogen-bond donors (Lipinski definition) is 3. The summed E-state index contributed by atoms with van der Waals surface area (Å²) in [6, 6.07) is 24.9. The first-order valence-corrected chi connectivity index (χ1v) is 14.4. The van der Waals surface area contributed by atoms with Crippen molar-refractivity contribution in [3.05, 3.63) is 95.2 Å². The maximum absolute atomic E-state index is 13.2. The third kappa shape index (κ3) is 2.77. The average molecular weight is 517 g/mol. The third-order valence-electron chi connectivity index (χ3n) is 10.5. The van der Waals surface area contributed by atoms with Gasteiger partial charge >= 0.3 is 0 Å². The van der Waals surface area contributed by atoms with Crippen molar-refractivity contribution in [2.45, 2.75) is 55.3 Å². The number of H-pyrrole nitrogens is 1. The van der Waals surface area contributed by atoms with Gasteiger partial charge in [-0.15, -0.1) is 0 Å². The number of piperidine rings is 1. The minimum Gasteiger partial charge on any atom is -0.504 e. The lowest BCUT2D eigenvalue weighted by atomic mass is 9.49. The Balaban J connectivity index is 1.32. The number of ether oxygens (including phenoxy) is 1. The number of likely N-dealkylation sites (tertiary alicyclic amines) is 1. The highest BCUT2D eigenvalue weighted by molar-refractivity contribution is 5.86. The lowest BCUT2D eigenvalue weighted by Crippen LogP contribution is -2.74. The first-order chi connectivity index (χ1) is 19.1. The molecule has 3 aromatic carbocycles. The zero-order valence-corrected chi connectivity index (χ0v) is 21.9. The van der Waals surface area contributed by atoms with E-state index in [0.29, 0.717) is 12.2 Å². The fraction of sp³-hybridized carbons (Fsp3) is 0.353. The summed E-state index contributed by atoms with van der Waals surface area (Å²) in [6.07, 6.45) is 4.40. The largest absolute Gasteiger partial charge is 0.504 e. The molecule has 1 aromatic heterocycles. The Morgan fingerprint density at radius 3 is 2.44 bits per heavy atom. The lowest BCUT2D eigenvalue weighted by Gasteiger charge is -2.62. The van der Waals surface area contributed by atoms with Crippen molar-refractivity contribution in [1.82, 2.24) is 9.88 Å². The lowest BCUT2D eigenvalue weighted by molar-refractivity contribution is -0.173. The molecule has 3 heterocycles. The van der Waals surface area contributed by atoms with Gasteiger partial charge in [-0.05, 0) is 66.5 Å². The second kappa shape index (κ2) is 7.56.